The minimum Gasteiger partial charge on any atom is -0.468 e. The molecule has 3 heteroatoms. The van der Waals surface area contributed by atoms with Crippen molar-refractivity contribution in [3.8, 4) is 6.07 Å². The SMILES string of the molecule is CC(C)N(CCC#N)Cc1ccco1. The Morgan fingerprint density at radius 2 is 2.36 bits per heavy atom. The van der Waals surface area contributed by atoms with E-state index in [1.165, 1.54) is 0 Å². The van der Waals surface area contributed by atoms with Crippen LogP contribution in [0.4, 0.5) is 0 Å². The molecule has 0 N–H and O–H groups in total. The van der Waals surface area contributed by atoms with Gasteiger partial charge in [0.25, 0.3) is 0 Å². The van der Waals surface area contributed by atoms with Crippen LogP contribution in [0.2, 0.25) is 0 Å². The highest BCUT2D eigenvalue weighted by molar-refractivity contribution is 4.98. The van der Waals surface area contributed by atoms with Crippen LogP contribution in [0.15, 0.2) is 22.8 Å². The number of hydrogen-bond donors (Lipinski definition) is 0. The van der Waals surface area contributed by atoms with E-state index >= 15 is 0 Å². The second kappa shape index (κ2) is 5.46. The van der Waals surface area contributed by atoms with Crippen LogP contribution in [0.5, 0.6) is 0 Å². The molecule has 1 aromatic heterocycles. The molecule has 0 atom stereocenters. The highest BCUT2D eigenvalue weighted by Gasteiger charge is 2.10. The van der Waals surface area contributed by atoms with Crippen LogP contribution in [-0.2, 0) is 6.54 Å². The lowest BCUT2D eigenvalue weighted by atomic mass is 10.2. The Balaban J connectivity index is 2.48. The third-order valence-electron chi connectivity index (χ3n) is 2.18. The quantitative estimate of drug-likeness (QED) is 0.719. The first-order valence-electron chi connectivity index (χ1n) is 4.87. The molecule has 76 valence electrons. The summed E-state index contributed by atoms with van der Waals surface area (Å²) in [5.74, 6) is 0.955. The fourth-order valence-electron chi connectivity index (χ4n) is 1.32. The van der Waals surface area contributed by atoms with Gasteiger partial charge in [-0.15, -0.1) is 0 Å². The van der Waals surface area contributed by atoms with Gasteiger partial charge >= 0.3 is 0 Å². The van der Waals surface area contributed by atoms with Crippen LogP contribution >= 0.6 is 0 Å². The van der Waals surface area contributed by atoms with Crippen LogP contribution in [0.3, 0.4) is 0 Å². The predicted octanol–water partition coefficient (Wildman–Crippen LogP) is 2.40. The van der Waals surface area contributed by atoms with Crippen molar-refractivity contribution in [1.82, 2.24) is 4.90 Å². The monoisotopic (exact) mass is 192 g/mol. The van der Waals surface area contributed by atoms with Gasteiger partial charge in [-0.3, -0.25) is 4.90 Å². The predicted molar refractivity (Wildman–Crippen MR) is 54.5 cm³/mol. The molecule has 0 radical (unpaired) electrons. The first-order chi connectivity index (χ1) is 6.74. The first-order valence-corrected chi connectivity index (χ1v) is 4.87. The van der Waals surface area contributed by atoms with Crippen LogP contribution in [0.25, 0.3) is 0 Å². The van der Waals surface area contributed by atoms with Gasteiger partial charge in [0.15, 0.2) is 0 Å². The fraction of sp³-hybridized carbons (Fsp3) is 0.545. The molecule has 14 heavy (non-hydrogen) atoms. The van der Waals surface area contributed by atoms with Gasteiger partial charge < -0.3 is 4.42 Å². The van der Waals surface area contributed by atoms with Gasteiger partial charge in [0, 0.05) is 19.0 Å². The summed E-state index contributed by atoms with van der Waals surface area (Å²) >= 11 is 0. The highest BCUT2D eigenvalue weighted by atomic mass is 16.3. The van der Waals surface area contributed by atoms with Crippen molar-refractivity contribution >= 4 is 0 Å². The van der Waals surface area contributed by atoms with Gasteiger partial charge in [-0.2, -0.15) is 5.26 Å². The summed E-state index contributed by atoms with van der Waals surface area (Å²) < 4.78 is 5.27. The molecule has 0 unspecified atom stereocenters. The molecule has 0 aromatic carbocycles. The molecule has 0 fully saturated rings. The average molecular weight is 192 g/mol. The maximum Gasteiger partial charge on any atom is 0.117 e. The smallest absolute Gasteiger partial charge is 0.117 e. The lowest BCUT2D eigenvalue weighted by Crippen LogP contribution is -2.30. The van der Waals surface area contributed by atoms with Crippen LogP contribution < -0.4 is 0 Å². The summed E-state index contributed by atoms with van der Waals surface area (Å²) in [4.78, 5) is 2.22. The number of nitrogens with zero attached hydrogens (tertiary/aromatic N) is 2. The van der Waals surface area contributed by atoms with E-state index in [2.05, 4.69) is 24.8 Å². The maximum atomic E-state index is 8.52. The Bertz CT molecular complexity index is 285. The van der Waals surface area contributed by atoms with E-state index in [0.29, 0.717) is 12.5 Å². The zero-order valence-electron chi connectivity index (χ0n) is 8.73. The Hall–Kier alpha value is -1.27. The van der Waals surface area contributed by atoms with Gasteiger partial charge in [0.2, 0.25) is 0 Å². The fourth-order valence-corrected chi connectivity index (χ4v) is 1.32. The second-order valence-electron chi connectivity index (χ2n) is 3.55. The molecule has 1 heterocycles. The van der Waals surface area contributed by atoms with Crippen LogP contribution in [0.1, 0.15) is 26.0 Å². The van der Waals surface area contributed by atoms with Crippen molar-refractivity contribution in [2.75, 3.05) is 6.54 Å². The largest absolute Gasteiger partial charge is 0.468 e. The number of nitriles is 1. The zero-order chi connectivity index (χ0) is 10.4. The molecule has 0 aliphatic rings. The number of rotatable bonds is 5. The first kappa shape index (κ1) is 10.8. The van der Waals surface area contributed by atoms with E-state index in [1.54, 1.807) is 6.26 Å². The zero-order valence-corrected chi connectivity index (χ0v) is 8.73. The Morgan fingerprint density at radius 1 is 1.57 bits per heavy atom. The molecule has 0 amide bonds. The van der Waals surface area contributed by atoms with Crippen molar-refractivity contribution in [1.29, 1.82) is 5.26 Å². The topological polar surface area (TPSA) is 40.2 Å². The summed E-state index contributed by atoms with van der Waals surface area (Å²) in [6.45, 7) is 5.84. The van der Waals surface area contributed by atoms with Crippen molar-refractivity contribution in [2.24, 2.45) is 0 Å². The molecule has 0 spiro atoms. The Morgan fingerprint density at radius 3 is 2.86 bits per heavy atom. The molecule has 0 saturated carbocycles. The molecular formula is C11H16N2O. The van der Waals surface area contributed by atoms with Gasteiger partial charge in [0.1, 0.15) is 5.76 Å². The van der Waals surface area contributed by atoms with Gasteiger partial charge in [-0.05, 0) is 26.0 Å². The van der Waals surface area contributed by atoms with Crippen molar-refractivity contribution in [3.05, 3.63) is 24.2 Å². The molecular weight excluding hydrogens is 176 g/mol. The summed E-state index contributed by atoms with van der Waals surface area (Å²) in [6.07, 6.45) is 2.25. The maximum absolute atomic E-state index is 8.52. The summed E-state index contributed by atoms with van der Waals surface area (Å²) in [5.41, 5.74) is 0. The summed E-state index contributed by atoms with van der Waals surface area (Å²) in [7, 11) is 0. The van der Waals surface area contributed by atoms with E-state index in [9.17, 15) is 0 Å². The Labute approximate surface area is 84.9 Å². The van der Waals surface area contributed by atoms with Crippen molar-refractivity contribution in [2.45, 2.75) is 32.9 Å². The third kappa shape index (κ3) is 3.23. The van der Waals surface area contributed by atoms with Gasteiger partial charge in [-0.1, -0.05) is 0 Å². The van der Waals surface area contributed by atoms with Crippen LogP contribution in [0, 0.1) is 11.3 Å². The van der Waals surface area contributed by atoms with Gasteiger partial charge in [-0.25, -0.2) is 0 Å². The molecule has 1 aromatic rings. The normalized spacial score (nSPS) is 10.8. The second-order valence-corrected chi connectivity index (χ2v) is 3.55. The van der Waals surface area contributed by atoms with Crippen molar-refractivity contribution in [3.63, 3.8) is 0 Å². The average Bonchev–Trinajstić information content (AvgIpc) is 2.64. The molecule has 0 bridgehead atoms. The Kier molecular flexibility index (Phi) is 4.21. The van der Waals surface area contributed by atoms with E-state index in [0.717, 1.165) is 18.8 Å². The van der Waals surface area contributed by atoms with E-state index in [-0.39, 0.29) is 0 Å². The van der Waals surface area contributed by atoms with Crippen LogP contribution in [-0.4, -0.2) is 17.5 Å². The molecule has 3 nitrogen and oxygen atoms in total. The highest BCUT2D eigenvalue weighted by Crippen LogP contribution is 2.08. The van der Waals surface area contributed by atoms with Gasteiger partial charge in [0.05, 0.1) is 18.9 Å². The molecule has 0 aliphatic carbocycles. The minimum atomic E-state index is 0.438. The van der Waals surface area contributed by atoms with E-state index in [4.69, 9.17) is 9.68 Å². The molecule has 0 saturated heterocycles. The van der Waals surface area contributed by atoms with Crippen molar-refractivity contribution < 1.29 is 4.42 Å². The molecule has 0 aliphatic heterocycles. The number of hydrogen-bond acceptors (Lipinski definition) is 3. The third-order valence-corrected chi connectivity index (χ3v) is 2.18. The van der Waals surface area contributed by atoms with E-state index in [1.807, 2.05) is 12.1 Å². The van der Waals surface area contributed by atoms with E-state index < -0.39 is 0 Å². The standard InChI is InChI=1S/C11H16N2O/c1-10(2)13(7-4-6-12)9-11-5-3-8-14-11/h3,5,8,10H,4,7,9H2,1-2H3. The molecule has 1 rings (SSSR count). The lowest BCUT2D eigenvalue weighted by Gasteiger charge is -2.24. The summed E-state index contributed by atoms with van der Waals surface area (Å²) in [5, 5.41) is 8.52. The summed E-state index contributed by atoms with van der Waals surface area (Å²) in [6, 6.07) is 6.45. The minimum absolute atomic E-state index is 0.438. The number of furan rings is 1. The lowest BCUT2D eigenvalue weighted by molar-refractivity contribution is 0.201.